The maximum absolute atomic E-state index is 5.03. The number of aryl methyl sites for hydroxylation is 1. The molecule has 1 rings (SSSR count). The largest absolute Gasteiger partial charge is 0.501 e. The first-order valence-electron chi connectivity index (χ1n) is 4.11. The molecule has 0 bridgehead atoms. The van der Waals surface area contributed by atoms with Crippen molar-refractivity contribution in [3.63, 3.8) is 0 Å². The molecule has 0 saturated heterocycles. The Morgan fingerprint density at radius 1 is 1.33 bits per heavy atom. The monoisotopic (exact) mass is 162 g/mol. The van der Waals surface area contributed by atoms with E-state index in [0.29, 0.717) is 6.61 Å². The minimum atomic E-state index is 0.715. The lowest BCUT2D eigenvalue weighted by Crippen LogP contribution is -1.93. The zero-order chi connectivity index (χ0) is 8.81. The Bertz CT molecular complexity index is 236. The fraction of sp³-hybridized carbons (Fsp3) is 0.273. The Labute approximate surface area is 73.7 Å². The molecule has 0 N–H and O–H groups in total. The molecule has 0 aliphatic rings. The zero-order valence-electron chi connectivity index (χ0n) is 7.42. The Morgan fingerprint density at radius 2 is 2.00 bits per heavy atom. The lowest BCUT2D eigenvalue weighted by molar-refractivity contribution is 0.255. The van der Waals surface area contributed by atoms with E-state index in [1.165, 1.54) is 17.4 Å². The molecular formula is C11H14O. The molecule has 0 fully saturated rings. The van der Waals surface area contributed by atoms with Gasteiger partial charge >= 0.3 is 0 Å². The summed E-state index contributed by atoms with van der Waals surface area (Å²) in [6.45, 7) is 6.29. The quantitative estimate of drug-likeness (QED) is 0.488. The first-order chi connectivity index (χ1) is 5.83. The molecule has 0 radical (unpaired) electrons. The summed E-state index contributed by atoms with van der Waals surface area (Å²) < 4.78 is 5.03. The summed E-state index contributed by atoms with van der Waals surface area (Å²) in [5.74, 6) is 0. The lowest BCUT2D eigenvalue weighted by atomic mass is 10.1. The van der Waals surface area contributed by atoms with Crippen LogP contribution in [0.15, 0.2) is 37.1 Å². The first kappa shape index (κ1) is 8.85. The van der Waals surface area contributed by atoms with E-state index in [-0.39, 0.29) is 0 Å². The van der Waals surface area contributed by atoms with Crippen molar-refractivity contribution in [1.29, 1.82) is 0 Å². The fourth-order valence-electron chi connectivity index (χ4n) is 1.01. The number of rotatable bonds is 4. The lowest BCUT2D eigenvalue weighted by Gasteiger charge is -2.01. The molecular weight excluding hydrogens is 148 g/mol. The van der Waals surface area contributed by atoms with Gasteiger partial charge in [0.2, 0.25) is 0 Å². The number of benzene rings is 1. The van der Waals surface area contributed by atoms with Crippen molar-refractivity contribution in [2.24, 2.45) is 0 Å². The maximum Gasteiger partial charge on any atom is 0.0913 e. The first-order valence-corrected chi connectivity index (χ1v) is 4.11. The van der Waals surface area contributed by atoms with Crippen LogP contribution in [0.5, 0.6) is 0 Å². The molecule has 64 valence electrons. The second kappa shape index (κ2) is 4.60. The van der Waals surface area contributed by atoms with Crippen LogP contribution in [-0.2, 0) is 11.2 Å². The molecule has 0 unspecified atom stereocenters. The van der Waals surface area contributed by atoms with Crippen molar-refractivity contribution in [1.82, 2.24) is 0 Å². The number of hydrogen-bond acceptors (Lipinski definition) is 1. The van der Waals surface area contributed by atoms with E-state index in [2.05, 4.69) is 37.8 Å². The minimum absolute atomic E-state index is 0.715. The van der Waals surface area contributed by atoms with Crippen LogP contribution in [0, 0.1) is 6.92 Å². The van der Waals surface area contributed by atoms with Gasteiger partial charge in [-0.05, 0) is 12.5 Å². The molecule has 0 spiro atoms. The van der Waals surface area contributed by atoms with Crippen LogP contribution in [0.25, 0.3) is 0 Å². The maximum atomic E-state index is 5.03. The standard InChI is InChI=1S/C11H14O/c1-3-12-9-8-11-6-4-10(2)5-7-11/h3-7H,1,8-9H2,2H3. The molecule has 0 aliphatic heterocycles. The molecule has 0 amide bonds. The Hall–Kier alpha value is -1.24. The summed E-state index contributed by atoms with van der Waals surface area (Å²) in [4.78, 5) is 0. The number of hydrogen-bond donors (Lipinski definition) is 0. The summed E-state index contributed by atoms with van der Waals surface area (Å²) in [5, 5.41) is 0. The van der Waals surface area contributed by atoms with Gasteiger partial charge in [0.15, 0.2) is 0 Å². The predicted octanol–water partition coefficient (Wildman–Crippen LogP) is 2.70. The fourth-order valence-corrected chi connectivity index (χ4v) is 1.01. The summed E-state index contributed by atoms with van der Waals surface area (Å²) in [7, 11) is 0. The van der Waals surface area contributed by atoms with E-state index in [1.54, 1.807) is 0 Å². The van der Waals surface area contributed by atoms with Gasteiger partial charge in [-0.1, -0.05) is 36.4 Å². The third-order valence-electron chi connectivity index (χ3n) is 1.75. The van der Waals surface area contributed by atoms with Crippen molar-refractivity contribution < 1.29 is 4.74 Å². The van der Waals surface area contributed by atoms with Gasteiger partial charge in [0, 0.05) is 6.42 Å². The van der Waals surface area contributed by atoms with Crippen LogP contribution in [0.3, 0.4) is 0 Å². The van der Waals surface area contributed by atoms with E-state index >= 15 is 0 Å². The smallest absolute Gasteiger partial charge is 0.0913 e. The number of ether oxygens (including phenoxy) is 1. The van der Waals surface area contributed by atoms with Crippen molar-refractivity contribution in [2.45, 2.75) is 13.3 Å². The van der Waals surface area contributed by atoms with E-state index in [4.69, 9.17) is 4.74 Å². The summed E-state index contributed by atoms with van der Waals surface area (Å²) in [6.07, 6.45) is 2.43. The molecule has 0 heterocycles. The van der Waals surface area contributed by atoms with Gasteiger partial charge in [0.05, 0.1) is 12.9 Å². The van der Waals surface area contributed by atoms with Gasteiger partial charge in [-0.2, -0.15) is 0 Å². The van der Waals surface area contributed by atoms with Gasteiger partial charge < -0.3 is 4.74 Å². The van der Waals surface area contributed by atoms with E-state index in [1.807, 2.05) is 0 Å². The highest BCUT2D eigenvalue weighted by Crippen LogP contribution is 2.03. The molecule has 1 aromatic rings. The van der Waals surface area contributed by atoms with Gasteiger partial charge in [-0.15, -0.1) is 0 Å². The molecule has 0 saturated carbocycles. The van der Waals surface area contributed by atoms with Crippen LogP contribution in [-0.4, -0.2) is 6.61 Å². The van der Waals surface area contributed by atoms with Crippen molar-refractivity contribution in [2.75, 3.05) is 6.61 Å². The predicted molar refractivity (Wildman–Crippen MR) is 51.0 cm³/mol. The third-order valence-corrected chi connectivity index (χ3v) is 1.75. The molecule has 1 aromatic carbocycles. The Balaban J connectivity index is 2.42. The minimum Gasteiger partial charge on any atom is -0.501 e. The summed E-state index contributed by atoms with van der Waals surface area (Å²) >= 11 is 0. The van der Waals surface area contributed by atoms with Crippen LogP contribution < -0.4 is 0 Å². The third kappa shape index (κ3) is 2.79. The topological polar surface area (TPSA) is 9.23 Å². The highest BCUT2D eigenvalue weighted by molar-refractivity contribution is 5.21. The second-order valence-corrected chi connectivity index (χ2v) is 2.77. The van der Waals surface area contributed by atoms with Crippen molar-refractivity contribution in [3.8, 4) is 0 Å². The van der Waals surface area contributed by atoms with Gasteiger partial charge in [0.1, 0.15) is 0 Å². The van der Waals surface area contributed by atoms with Crippen LogP contribution in [0.1, 0.15) is 11.1 Å². The van der Waals surface area contributed by atoms with E-state index in [9.17, 15) is 0 Å². The highest BCUT2D eigenvalue weighted by Gasteiger charge is 1.90. The van der Waals surface area contributed by atoms with Crippen molar-refractivity contribution in [3.05, 3.63) is 48.2 Å². The van der Waals surface area contributed by atoms with Gasteiger partial charge in [0.25, 0.3) is 0 Å². The van der Waals surface area contributed by atoms with E-state index < -0.39 is 0 Å². The Kier molecular flexibility index (Phi) is 3.39. The summed E-state index contributed by atoms with van der Waals surface area (Å²) in [5.41, 5.74) is 2.60. The highest BCUT2D eigenvalue weighted by atomic mass is 16.5. The molecule has 0 aliphatic carbocycles. The second-order valence-electron chi connectivity index (χ2n) is 2.77. The zero-order valence-corrected chi connectivity index (χ0v) is 7.42. The average Bonchev–Trinajstić information content (AvgIpc) is 2.09. The van der Waals surface area contributed by atoms with Crippen molar-refractivity contribution >= 4 is 0 Å². The SMILES string of the molecule is C=COCCc1ccc(C)cc1. The van der Waals surface area contributed by atoms with Crippen LogP contribution >= 0.6 is 0 Å². The van der Waals surface area contributed by atoms with Gasteiger partial charge in [-0.25, -0.2) is 0 Å². The van der Waals surface area contributed by atoms with Crippen LogP contribution in [0.2, 0.25) is 0 Å². The Morgan fingerprint density at radius 3 is 2.58 bits per heavy atom. The molecule has 1 nitrogen and oxygen atoms in total. The summed E-state index contributed by atoms with van der Waals surface area (Å²) in [6, 6.07) is 8.48. The molecule has 0 atom stereocenters. The molecule has 12 heavy (non-hydrogen) atoms. The molecule has 0 aromatic heterocycles. The van der Waals surface area contributed by atoms with Crippen LogP contribution in [0.4, 0.5) is 0 Å². The molecule has 1 heteroatoms. The normalized spacial score (nSPS) is 9.42. The van der Waals surface area contributed by atoms with E-state index in [0.717, 1.165) is 6.42 Å². The average molecular weight is 162 g/mol. The van der Waals surface area contributed by atoms with Gasteiger partial charge in [-0.3, -0.25) is 0 Å².